The van der Waals surface area contributed by atoms with Gasteiger partial charge in [-0.05, 0) is 5.56 Å². The summed E-state index contributed by atoms with van der Waals surface area (Å²) < 4.78 is 0. The Labute approximate surface area is 99.5 Å². The Kier molecular flexibility index (Phi) is 3.20. The van der Waals surface area contributed by atoms with Gasteiger partial charge in [-0.1, -0.05) is 30.3 Å². The highest BCUT2D eigenvalue weighted by atomic mass is 16.2. The molecule has 1 unspecified atom stereocenters. The first-order valence-corrected chi connectivity index (χ1v) is 5.50. The van der Waals surface area contributed by atoms with Crippen molar-refractivity contribution in [2.24, 2.45) is 0 Å². The Morgan fingerprint density at radius 3 is 2.29 bits per heavy atom. The van der Waals surface area contributed by atoms with Crippen LogP contribution in [0.3, 0.4) is 0 Å². The van der Waals surface area contributed by atoms with Crippen LogP contribution < -0.4 is 0 Å². The first kappa shape index (κ1) is 11.3. The van der Waals surface area contributed by atoms with Crippen LogP contribution in [0.5, 0.6) is 0 Å². The fourth-order valence-corrected chi connectivity index (χ4v) is 1.92. The molecule has 0 spiro atoms. The van der Waals surface area contributed by atoms with E-state index in [4.69, 9.17) is 5.26 Å². The van der Waals surface area contributed by atoms with Crippen molar-refractivity contribution in [1.29, 1.82) is 5.26 Å². The zero-order chi connectivity index (χ0) is 12.3. The number of imide groups is 1. The number of rotatable bonds is 3. The van der Waals surface area contributed by atoms with Crippen LogP contribution in [-0.4, -0.2) is 23.3 Å². The highest BCUT2D eigenvalue weighted by molar-refractivity contribution is 6.02. The van der Waals surface area contributed by atoms with E-state index in [-0.39, 0.29) is 31.2 Å². The highest BCUT2D eigenvalue weighted by Crippen LogP contribution is 2.20. The Hall–Kier alpha value is -2.15. The summed E-state index contributed by atoms with van der Waals surface area (Å²) in [5, 5.41) is 9.11. The van der Waals surface area contributed by atoms with Crippen molar-refractivity contribution in [2.75, 3.05) is 6.54 Å². The summed E-state index contributed by atoms with van der Waals surface area (Å²) in [7, 11) is 0. The zero-order valence-electron chi connectivity index (χ0n) is 9.30. The molecule has 0 aromatic heterocycles. The number of carbonyl (C=O) groups excluding carboxylic acids is 2. The van der Waals surface area contributed by atoms with Crippen LogP contribution in [0.25, 0.3) is 0 Å². The molecule has 2 rings (SSSR count). The lowest BCUT2D eigenvalue weighted by molar-refractivity contribution is -0.138. The first-order chi connectivity index (χ1) is 8.22. The summed E-state index contributed by atoms with van der Waals surface area (Å²) in [6.45, 7) is 0.165. The fraction of sp³-hybridized carbons (Fsp3) is 0.308. The van der Waals surface area contributed by atoms with E-state index in [1.807, 2.05) is 30.3 Å². The smallest absolute Gasteiger partial charge is 0.229 e. The van der Waals surface area contributed by atoms with Gasteiger partial charge in [0.05, 0.1) is 12.0 Å². The lowest BCUT2D eigenvalue weighted by Crippen LogP contribution is -2.32. The predicted octanol–water partition coefficient (Wildman–Crippen LogP) is 1.44. The molecule has 4 heteroatoms. The van der Waals surface area contributed by atoms with Gasteiger partial charge in [0.2, 0.25) is 11.8 Å². The van der Waals surface area contributed by atoms with Gasteiger partial charge >= 0.3 is 0 Å². The summed E-state index contributed by atoms with van der Waals surface area (Å²) in [6.07, 6.45) is 0.539. The van der Waals surface area contributed by atoms with Crippen LogP contribution in [0.4, 0.5) is 0 Å². The molecule has 2 amide bonds. The van der Waals surface area contributed by atoms with Crippen molar-refractivity contribution in [3.8, 4) is 6.07 Å². The van der Waals surface area contributed by atoms with Crippen molar-refractivity contribution in [1.82, 2.24) is 4.90 Å². The minimum atomic E-state index is -0.442. The molecular formula is C13H12N2O2. The number of likely N-dealkylation sites (tertiary alicyclic amines) is 1. The van der Waals surface area contributed by atoms with Gasteiger partial charge < -0.3 is 0 Å². The molecule has 0 saturated carbocycles. The van der Waals surface area contributed by atoms with Crippen LogP contribution in [0.1, 0.15) is 24.3 Å². The molecule has 1 heterocycles. The van der Waals surface area contributed by atoms with Crippen molar-refractivity contribution in [3.05, 3.63) is 35.9 Å². The van der Waals surface area contributed by atoms with Gasteiger partial charge in [-0.3, -0.25) is 14.5 Å². The number of hydrogen-bond acceptors (Lipinski definition) is 3. The van der Waals surface area contributed by atoms with Crippen molar-refractivity contribution >= 4 is 11.8 Å². The molecule has 1 aliphatic rings. The Balaban J connectivity index is 2.14. The molecule has 4 nitrogen and oxygen atoms in total. The first-order valence-electron chi connectivity index (χ1n) is 5.50. The van der Waals surface area contributed by atoms with Crippen LogP contribution in [0.15, 0.2) is 30.3 Å². The maximum atomic E-state index is 11.5. The third-order valence-electron chi connectivity index (χ3n) is 2.88. The van der Waals surface area contributed by atoms with Gasteiger partial charge in [-0.2, -0.15) is 5.26 Å². The van der Waals surface area contributed by atoms with E-state index in [9.17, 15) is 9.59 Å². The lowest BCUT2D eigenvalue weighted by Gasteiger charge is -2.17. The summed E-state index contributed by atoms with van der Waals surface area (Å²) in [6, 6.07) is 11.4. The Morgan fingerprint density at radius 1 is 1.18 bits per heavy atom. The number of carbonyl (C=O) groups is 2. The number of nitriles is 1. The molecule has 0 radical (unpaired) electrons. The van der Waals surface area contributed by atoms with Gasteiger partial charge in [0.1, 0.15) is 0 Å². The minimum absolute atomic E-state index is 0.165. The number of nitrogens with zero attached hydrogens (tertiary/aromatic N) is 2. The van der Waals surface area contributed by atoms with E-state index in [0.717, 1.165) is 5.56 Å². The van der Waals surface area contributed by atoms with Crippen molar-refractivity contribution in [2.45, 2.75) is 18.8 Å². The molecular weight excluding hydrogens is 216 g/mol. The number of benzene rings is 1. The lowest BCUT2D eigenvalue weighted by atomic mass is 10.0. The van der Waals surface area contributed by atoms with Crippen molar-refractivity contribution in [3.63, 3.8) is 0 Å². The summed E-state index contributed by atoms with van der Waals surface area (Å²) in [4.78, 5) is 24.1. The molecule has 1 aromatic rings. The van der Waals surface area contributed by atoms with Crippen LogP contribution in [0.2, 0.25) is 0 Å². The standard InChI is InChI=1S/C13H12N2O2/c14-8-11(10-4-2-1-3-5-10)9-15-12(16)6-7-13(15)17/h1-5,11H,6-7,9H2. The predicted molar refractivity (Wildman–Crippen MR) is 60.8 cm³/mol. The Morgan fingerprint density at radius 2 is 1.76 bits per heavy atom. The van der Waals surface area contributed by atoms with Crippen LogP contribution in [-0.2, 0) is 9.59 Å². The number of amides is 2. The molecule has 86 valence electrons. The average Bonchev–Trinajstić information content (AvgIpc) is 2.68. The molecule has 0 N–H and O–H groups in total. The largest absolute Gasteiger partial charge is 0.281 e. The molecule has 0 aliphatic carbocycles. The molecule has 17 heavy (non-hydrogen) atoms. The number of hydrogen-bond donors (Lipinski definition) is 0. The Bertz CT molecular complexity index is 460. The van der Waals surface area contributed by atoms with Gasteiger partial charge in [-0.15, -0.1) is 0 Å². The fourth-order valence-electron chi connectivity index (χ4n) is 1.92. The van der Waals surface area contributed by atoms with E-state index in [1.54, 1.807) is 0 Å². The quantitative estimate of drug-likeness (QED) is 0.735. The van der Waals surface area contributed by atoms with E-state index >= 15 is 0 Å². The summed E-state index contributed by atoms with van der Waals surface area (Å²) in [5.74, 6) is -0.792. The van der Waals surface area contributed by atoms with Gasteiger partial charge in [0.15, 0.2) is 0 Å². The average molecular weight is 228 g/mol. The van der Waals surface area contributed by atoms with Gasteiger partial charge in [0, 0.05) is 19.4 Å². The maximum Gasteiger partial charge on any atom is 0.229 e. The van der Waals surface area contributed by atoms with Crippen molar-refractivity contribution < 1.29 is 9.59 Å². The van der Waals surface area contributed by atoms with E-state index in [2.05, 4.69) is 6.07 Å². The monoisotopic (exact) mass is 228 g/mol. The van der Waals surface area contributed by atoms with E-state index in [1.165, 1.54) is 4.90 Å². The maximum absolute atomic E-state index is 11.5. The molecule has 0 bridgehead atoms. The normalized spacial score (nSPS) is 17.0. The zero-order valence-corrected chi connectivity index (χ0v) is 9.30. The van der Waals surface area contributed by atoms with E-state index < -0.39 is 5.92 Å². The molecule has 1 fully saturated rings. The SMILES string of the molecule is N#CC(CN1C(=O)CCC1=O)c1ccccc1. The van der Waals surface area contributed by atoms with E-state index in [0.29, 0.717) is 0 Å². The van der Waals surface area contributed by atoms with Crippen LogP contribution in [0, 0.1) is 11.3 Å². The van der Waals surface area contributed by atoms with Gasteiger partial charge in [0.25, 0.3) is 0 Å². The summed E-state index contributed by atoms with van der Waals surface area (Å²) >= 11 is 0. The third kappa shape index (κ3) is 2.34. The minimum Gasteiger partial charge on any atom is -0.281 e. The summed E-state index contributed by atoms with van der Waals surface area (Å²) in [5.41, 5.74) is 0.836. The second-order valence-corrected chi connectivity index (χ2v) is 3.99. The second-order valence-electron chi connectivity index (χ2n) is 3.99. The highest BCUT2D eigenvalue weighted by Gasteiger charge is 2.31. The molecule has 1 saturated heterocycles. The van der Waals surface area contributed by atoms with Crippen LogP contribution >= 0.6 is 0 Å². The molecule has 1 aromatic carbocycles. The molecule has 1 atom stereocenters. The topological polar surface area (TPSA) is 61.2 Å². The molecule has 1 aliphatic heterocycles. The third-order valence-corrected chi connectivity index (χ3v) is 2.88. The van der Waals surface area contributed by atoms with Gasteiger partial charge in [-0.25, -0.2) is 0 Å². The second kappa shape index (κ2) is 4.79.